The minimum absolute atomic E-state index is 0.0675. The molecule has 0 spiro atoms. The van der Waals surface area contributed by atoms with Gasteiger partial charge in [-0.25, -0.2) is 8.42 Å². The third kappa shape index (κ3) is 2.48. The van der Waals surface area contributed by atoms with E-state index < -0.39 is 10.0 Å². The van der Waals surface area contributed by atoms with Gasteiger partial charge in [-0.2, -0.15) is 4.31 Å². The van der Waals surface area contributed by atoms with Crippen LogP contribution in [-0.4, -0.2) is 25.8 Å². The Morgan fingerprint density at radius 2 is 1.88 bits per heavy atom. The van der Waals surface area contributed by atoms with Crippen molar-refractivity contribution in [2.24, 2.45) is 0 Å². The van der Waals surface area contributed by atoms with E-state index in [1.165, 1.54) is 16.4 Å². The van der Waals surface area contributed by atoms with E-state index in [4.69, 9.17) is 17.3 Å². The van der Waals surface area contributed by atoms with Gasteiger partial charge >= 0.3 is 0 Å². The van der Waals surface area contributed by atoms with Gasteiger partial charge in [0.15, 0.2) is 0 Å². The lowest BCUT2D eigenvalue weighted by Gasteiger charge is -2.19. The Hall–Kier alpha value is -0.780. The molecule has 0 atom stereocenters. The maximum absolute atomic E-state index is 12.2. The van der Waals surface area contributed by atoms with E-state index in [0.29, 0.717) is 18.8 Å². The van der Waals surface area contributed by atoms with Crippen LogP contribution in [0.15, 0.2) is 23.1 Å². The van der Waals surface area contributed by atoms with E-state index in [1.54, 1.807) is 19.9 Å². The Bertz CT molecular complexity index is 470. The summed E-state index contributed by atoms with van der Waals surface area (Å²) < 4.78 is 25.6. The monoisotopic (exact) mass is 262 g/mol. The van der Waals surface area contributed by atoms with Crippen LogP contribution >= 0.6 is 11.6 Å². The Labute approximate surface area is 101 Å². The fourth-order valence-corrected chi connectivity index (χ4v) is 3.39. The van der Waals surface area contributed by atoms with Crippen molar-refractivity contribution in [1.82, 2.24) is 4.31 Å². The zero-order chi connectivity index (χ0) is 12.3. The van der Waals surface area contributed by atoms with Gasteiger partial charge in [0.1, 0.15) is 4.90 Å². The highest BCUT2D eigenvalue weighted by atomic mass is 35.5. The van der Waals surface area contributed by atoms with Crippen LogP contribution in [0, 0.1) is 0 Å². The van der Waals surface area contributed by atoms with Gasteiger partial charge in [0.05, 0.1) is 5.02 Å². The lowest BCUT2D eigenvalue weighted by molar-refractivity contribution is 0.445. The molecule has 2 N–H and O–H groups in total. The zero-order valence-electron chi connectivity index (χ0n) is 9.27. The van der Waals surface area contributed by atoms with Crippen molar-refractivity contribution in [3.63, 3.8) is 0 Å². The van der Waals surface area contributed by atoms with Crippen LogP contribution in [0.25, 0.3) is 0 Å². The molecule has 0 aromatic heterocycles. The largest absolute Gasteiger partial charge is 0.399 e. The first-order valence-electron chi connectivity index (χ1n) is 4.98. The summed E-state index contributed by atoms with van der Waals surface area (Å²) in [5, 5.41) is 0.195. The number of hydrogen-bond acceptors (Lipinski definition) is 3. The van der Waals surface area contributed by atoms with E-state index in [-0.39, 0.29) is 9.92 Å². The van der Waals surface area contributed by atoms with Crippen LogP contribution in [0.1, 0.15) is 13.8 Å². The summed E-state index contributed by atoms with van der Waals surface area (Å²) in [6.45, 7) is 4.37. The van der Waals surface area contributed by atoms with Crippen molar-refractivity contribution in [2.45, 2.75) is 18.7 Å². The van der Waals surface area contributed by atoms with Crippen LogP contribution in [0.4, 0.5) is 5.69 Å². The number of sulfonamides is 1. The molecule has 0 aliphatic heterocycles. The summed E-state index contributed by atoms with van der Waals surface area (Å²) in [6, 6.07) is 4.45. The third-order valence-electron chi connectivity index (χ3n) is 2.28. The van der Waals surface area contributed by atoms with Gasteiger partial charge in [0.2, 0.25) is 10.0 Å². The molecule has 16 heavy (non-hydrogen) atoms. The van der Waals surface area contributed by atoms with E-state index in [1.807, 2.05) is 0 Å². The highest BCUT2D eigenvalue weighted by Gasteiger charge is 2.24. The lowest BCUT2D eigenvalue weighted by atomic mass is 10.3. The Morgan fingerprint density at radius 3 is 2.38 bits per heavy atom. The number of benzene rings is 1. The SMILES string of the molecule is CCN(CC)S(=O)(=O)c1cc(N)ccc1Cl. The smallest absolute Gasteiger partial charge is 0.244 e. The molecule has 0 bridgehead atoms. The average Bonchev–Trinajstić information content (AvgIpc) is 2.23. The van der Waals surface area contributed by atoms with E-state index in [2.05, 4.69) is 0 Å². The second-order valence-electron chi connectivity index (χ2n) is 3.28. The molecule has 90 valence electrons. The van der Waals surface area contributed by atoms with E-state index in [0.717, 1.165) is 0 Å². The zero-order valence-corrected chi connectivity index (χ0v) is 10.8. The maximum Gasteiger partial charge on any atom is 0.244 e. The third-order valence-corrected chi connectivity index (χ3v) is 4.81. The molecule has 0 aliphatic rings. The van der Waals surface area contributed by atoms with Crippen LogP contribution in [0.3, 0.4) is 0 Å². The predicted molar refractivity (Wildman–Crippen MR) is 66.0 cm³/mol. The topological polar surface area (TPSA) is 63.4 Å². The van der Waals surface area contributed by atoms with Crippen LogP contribution < -0.4 is 5.73 Å². The molecular formula is C10H15ClN2O2S. The summed E-state index contributed by atoms with van der Waals surface area (Å²) in [5.74, 6) is 0. The minimum Gasteiger partial charge on any atom is -0.399 e. The highest BCUT2D eigenvalue weighted by Crippen LogP contribution is 2.26. The van der Waals surface area contributed by atoms with Gasteiger partial charge in [0.25, 0.3) is 0 Å². The number of hydrogen-bond donors (Lipinski definition) is 1. The molecule has 0 radical (unpaired) electrons. The fourth-order valence-electron chi connectivity index (χ4n) is 1.42. The van der Waals surface area contributed by atoms with Gasteiger partial charge < -0.3 is 5.73 Å². The van der Waals surface area contributed by atoms with Gasteiger partial charge in [-0.15, -0.1) is 0 Å². The summed E-state index contributed by atoms with van der Waals surface area (Å²) in [7, 11) is -3.53. The summed E-state index contributed by atoms with van der Waals surface area (Å²) >= 11 is 5.88. The molecule has 1 aromatic rings. The molecule has 0 saturated heterocycles. The first-order valence-corrected chi connectivity index (χ1v) is 6.80. The molecular weight excluding hydrogens is 248 g/mol. The predicted octanol–water partition coefficient (Wildman–Crippen LogP) is 1.95. The van der Waals surface area contributed by atoms with E-state index >= 15 is 0 Å². The first kappa shape index (κ1) is 13.3. The Morgan fingerprint density at radius 1 is 1.31 bits per heavy atom. The number of halogens is 1. The molecule has 0 amide bonds. The second-order valence-corrected chi connectivity index (χ2v) is 5.59. The van der Waals surface area contributed by atoms with Crippen LogP contribution in [0.5, 0.6) is 0 Å². The van der Waals surface area contributed by atoms with Gasteiger partial charge in [-0.3, -0.25) is 0 Å². The van der Waals surface area contributed by atoms with Gasteiger partial charge in [-0.1, -0.05) is 25.4 Å². The van der Waals surface area contributed by atoms with Crippen molar-refractivity contribution in [3.05, 3.63) is 23.2 Å². The fraction of sp³-hybridized carbons (Fsp3) is 0.400. The summed E-state index contributed by atoms with van der Waals surface area (Å²) in [4.78, 5) is 0.0675. The molecule has 1 rings (SSSR count). The lowest BCUT2D eigenvalue weighted by Crippen LogP contribution is -2.30. The van der Waals surface area contributed by atoms with E-state index in [9.17, 15) is 8.42 Å². The molecule has 0 unspecified atom stereocenters. The van der Waals surface area contributed by atoms with Gasteiger partial charge in [-0.05, 0) is 18.2 Å². The molecule has 0 fully saturated rings. The van der Waals surface area contributed by atoms with Crippen molar-refractivity contribution < 1.29 is 8.42 Å². The van der Waals surface area contributed by atoms with Crippen molar-refractivity contribution in [3.8, 4) is 0 Å². The molecule has 4 nitrogen and oxygen atoms in total. The Balaban J connectivity index is 3.31. The molecule has 0 heterocycles. The number of rotatable bonds is 4. The number of nitrogen functional groups attached to an aromatic ring is 1. The molecule has 6 heteroatoms. The average molecular weight is 263 g/mol. The summed E-state index contributed by atoms with van der Waals surface area (Å²) in [6.07, 6.45) is 0. The molecule has 0 saturated carbocycles. The molecule has 1 aromatic carbocycles. The second kappa shape index (κ2) is 5.03. The van der Waals surface area contributed by atoms with Crippen molar-refractivity contribution in [1.29, 1.82) is 0 Å². The Kier molecular flexibility index (Phi) is 4.18. The maximum atomic E-state index is 12.2. The number of anilines is 1. The quantitative estimate of drug-likeness (QED) is 0.844. The van der Waals surface area contributed by atoms with Crippen molar-refractivity contribution >= 4 is 27.3 Å². The standard InChI is InChI=1S/C10H15ClN2O2S/c1-3-13(4-2)16(14,15)10-7-8(12)5-6-9(10)11/h5-7H,3-4,12H2,1-2H3. The van der Waals surface area contributed by atoms with Crippen molar-refractivity contribution in [2.75, 3.05) is 18.8 Å². The summed E-state index contributed by atoms with van der Waals surface area (Å²) in [5.41, 5.74) is 5.95. The number of nitrogens with two attached hydrogens (primary N) is 1. The minimum atomic E-state index is -3.53. The normalized spacial score (nSPS) is 12.0. The highest BCUT2D eigenvalue weighted by molar-refractivity contribution is 7.89. The first-order chi connectivity index (χ1) is 7.43. The van der Waals surface area contributed by atoms with Crippen LogP contribution in [0.2, 0.25) is 5.02 Å². The van der Waals surface area contributed by atoms with Crippen LogP contribution in [-0.2, 0) is 10.0 Å². The van der Waals surface area contributed by atoms with Gasteiger partial charge in [0, 0.05) is 18.8 Å². The molecule has 0 aliphatic carbocycles. The number of nitrogens with zero attached hydrogens (tertiary/aromatic N) is 1.